The van der Waals surface area contributed by atoms with Crippen molar-refractivity contribution in [3.05, 3.63) is 64.5 Å². The number of aromatic carboxylic acids is 1. The lowest BCUT2D eigenvalue weighted by atomic mass is 9.88. The number of aryl methyl sites for hydroxylation is 1. The number of hydrogen-bond donors (Lipinski definition) is 3. The molecular formula is C25H25N3O4. The molecule has 0 bridgehead atoms. The van der Waals surface area contributed by atoms with Gasteiger partial charge in [-0.25, -0.2) is 9.59 Å². The van der Waals surface area contributed by atoms with Crippen molar-refractivity contribution in [2.24, 2.45) is 5.73 Å². The van der Waals surface area contributed by atoms with Crippen LogP contribution in [-0.2, 0) is 24.0 Å². The molecule has 0 aliphatic heterocycles. The van der Waals surface area contributed by atoms with E-state index in [1.165, 1.54) is 0 Å². The van der Waals surface area contributed by atoms with Crippen molar-refractivity contribution in [1.82, 2.24) is 9.97 Å². The van der Waals surface area contributed by atoms with Crippen LogP contribution in [0.25, 0.3) is 22.5 Å². The third-order valence-electron chi connectivity index (χ3n) is 6.39. The first kappa shape index (κ1) is 20.5. The molecule has 2 aromatic heterocycles. The molecule has 32 heavy (non-hydrogen) atoms. The van der Waals surface area contributed by atoms with Crippen LogP contribution in [0.1, 0.15) is 57.3 Å². The first-order chi connectivity index (χ1) is 15.4. The fourth-order valence-electron chi connectivity index (χ4n) is 4.51. The van der Waals surface area contributed by atoms with E-state index in [9.17, 15) is 14.7 Å². The summed E-state index contributed by atoms with van der Waals surface area (Å²) >= 11 is 0. The zero-order valence-electron chi connectivity index (χ0n) is 17.9. The van der Waals surface area contributed by atoms with Crippen molar-refractivity contribution in [2.75, 3.05) is 6.61 Å². The van der Waals surface area contributed by atoms with Gasteiger partial charge in [-0.2, -0.15) is 0 Å². The highest BCUT2D eigenvalue weighted by Crippen LogP contribution is 2.41. The van der Waals surface area contributed by atoms with Crippen molar-refractivity contribution < 1.29 is 19.4 Å². The van der Waals surface area contributed by atoms with Gasteiger partial charge in [-0.1, -0.05) is 12.1 Å². The SMILES string of the molecule is CCOC(=O)c1cccc(-c2cc3c(cn2)CCc2c-3[nH]c(CC3(N)CC3)c2C(=O)O)c1. The minimum absolute atomic E-state index is 0.294. The predicted molar refractivity (Wildman–Crippen MR) is 120 cm³/mol. The van der Waals surface area contributed by atoms with Crippen molar-refractivity contribution in [1.29, 1.82) is 0 Å². The summed E-state index contributed by atoms with van der Waals surface area (Å²) in [5.41, 5.74) is 12.8. The van der Waals surface area contributed by atoms with E-state index in [2.05, 4.69) is 9.97 Å². The smallest absolute Gasteiger partial charge is 0.338 e. The van der Waals surface area contributed by atoms with Gasteiger partial charge in [0, 0.05) is 35.0 Å². The number of carboxylic acids is 1. The molecule has 164 valence electrons. The third-order valence-corrected chi connectivity index (χ3v) is 6.39. The fourth-order valence-corrected chi connectivity index (χ4v) is 4.51. The largest absolute Gasteiger partial charge is 0.478 e. The number of nitrogens with one attached hydrogen (secondary N) is 1. The van der Waals surface area contributed by atoms with E-state index in [-0.39, 0.29) is 11.5 Å². The van der Waals surface area contributed by atoms with Crippen molar-refractivity contribution in [3.63, 3.8) is 0 Å². The lowest BCUT2D eigenvalue weighted by Crippen LogP contribution is -2.25. The van der Waals surface area contributed by atoms with Crippen LogP contribution >= 0.6 is 0 Å². The number of rotatable bonds is 6. The molecule has 4 N–H and O–H groups in total. The molecule has 2 aliphatic carbocycles. The first-order valence-electron chi connectivity index (χ1n) is 10.9. The highest BCUT2D eigenvalue weighted by Gasteiger charge is 2.40. The number of benzene rings is 1. The number of hydrogen-bond acceptors (Lipinski definition) is 5. The predicted octanol–water partition coefficient (Wildman–Crippen LogP) is 3.75. The quantitative estimate of drug-likeness (QED) is 0.512. The Balaban J connectivity index is 1.57. The van der Waals surface area contributed by atoms with Crippen LogP contribution in [-0.4, -0.2) is 39.2 Å². The molecule has 3 aromatic rings. The minimum Gasteiger partial charge on any atom is -0.478 e. The zero-order valence-corrected chi connectivity index (χ0v) is 17.9. The normalized spacial score (nSPS) is 15.6. The number of carboxylic acid groups (broad SMARTS) is 1. The van der Waals surface area contributed by atoms with E-state index in [0.717, 1.165) is 47.2 Å². The Kier molecular flexibility index (Phi) is 4.86. The van der Waals surface area contributed by atoms with E-state index in [4.69, 9.17) is 10.5 Å². The number of nitrogens with two attached hydrogens (primary N) is 1. The monoisotopic (exact) mass is 431 g/mol. The Morgan fingerprint density at radius 3 is 2.78 bits per heavy atom. The maximum Gasteiger partial charge on any atom is 0.338 e. The van der Waals surface area contributed by atoms with E-state index < -0.39 is 5.97 Å². The molecule has 1 fully saturated rings. The average molecular weight is 431 g/mol. The number of esters is 1. The highest BCUT2D eigenvalue weighted by atomic mass is 16.5. The summed E-state index contributed by atoms with van der Waals surface area (Å²) in [4.78, 5) is 32.2. The number of carbonyl (C=O) groups is 2. The van der Waals surface area contributed by atoms with Crippen molar-refractivity contribution in [3.8, 4) is 22.5 Å². The first-order valence-corrected chi connectivity index (χ1v) is 10.9. The van der Waals surface area contributed by atoms with E-state index in [1.807, 2.05) is 18.3 Å². The fraction of sp³-hybridized carbons (Fsp3) is 0.320. The third kappa shape index (κ3) is 3.58. The minimum atomic E-state index is -0.915. The summed E-state index contributed by atoms with van der Waals surface area (Å²) in [5.74, 6) is -1.29. The molecule has 0 unspecified atom stereocenters. The number of pyridine rings is 1. The van der Waals surface area contributed by atoms with Gasteiger partial charge in [0.05, 0.1) is 29.1 Å². The average Bonchev–Trinajstić information content (AvgIpc) is 3.38. The summed E-state index contributed by atoms with van der Waals surface area (Å²) in [6.45, 7) is 2.09. The molecule has 0 atom stereocenters. The second kappa shape index (κ2) is 7.60. The van der Waals surface area contributed by atoms with Gasteiger partial charge in [0.2, 0.25) is 0 Å². The van der Waals surface area contributed by atoms with Crippen LogP contribution in [0.2, 0.25) is 0 Å². The molecule has 5 rings (SSSR count). The van der Waals surface area contributed by atoms with Crippen LogP contribution in [0.4, 0.5) is 0 Å². The zero-order chi connectivity index (χ0) is 22.5. The van der Waals surface area contributed by atoms with E-state index >= 15 is 0 Å². The number of H-pyrrole nitrogens is 1. The molecule has 0 amide bonds. The van der Waals surface area contributed by atoms with Gasteiger partial charge in [-0.05, 0) is 61.9 Å². The summed E-state index contributed by atoms with van der Waals surface area (Å²) in [6, 6.07) is 9.16. The topological polar surface area (TPSA) is 118 Å². The van der Waals surface area contributed by atoms with Crippen LogP contribution in [0.5, 0.6) is 0 Å². The summed E-state index contributed by atoms with van der Waals surface area (Å²) in [7, 11) is 0. The molecular weight excluding hydrogens is 406 g/mol. The Hall–Kier alpha value is -3.45. The number of carbonyl (C=O) groups excluding carboxylic acids is 1. The maximum absolute atomic E-state index is 12.1. The Labute approximate surface area is 185 Å². The van der Waals surface area contributed by atoms with Gasteiger partial charge in [-0.3, -0.25) is 4.98 Å². The highest BCUT2D eigenvalue weighted by molar-refractivity contribution is 5.95. The molecule has 0 spiro atoms. The van der Waals surface area contributed by atoms with Crippen LogP contribution in [0.3, 0.4) is 0 Å². The molecule has 0 radical (unpaired) electrons. The molecule has 1 aromatic carbocycles. The number of fused-ring (bicyclic) bond motifs is 3. The lowest BCUT2D eigenvalue weighted by molar-refractivity contribution is 0.0526. The molecule has 2 aliphatic rings. The van der Waals surface area contributed by atoms with Gasteiger partial charge in [0.25, 0.3) is 0 Å². The molecule has 1 saturated carbocycles. The van der Waals surface area contributed by atoms with E-state index in [1.54, 1.807) is 25.1 Å². The second-order valence-electron chi connectivity index (χ2n) is 8.70. The molecule has 2 heterocycles. The molecule has 7 nitrogen and oxygen atoms in total. The second-order valence-corrected chi connectivity index (χ2v) is 8.70. The van der Waals surface area contributed by atoms with Gasteiger partial charge in [0.15, 0.2) is 0 Å². The number of nitrogens with zero attached hydrogens (tertiary/aromatic N) is 1. The summed E-state index contributed by atoms with van der Waals surface area (Å²) in [5, 5.41) is 9.92. The van der Waals surface area contributed by atoms with Crippen LogP contribution in [0, 0.1) is 0 Å². The number of ether oxygens (including phenoxy) is 1. The summed E-state index contributed by atoms with van der Waals surface area (Å²) < 4.78 is 5.11. The van der Waals surface area contributed by atoms with Crippen molar-refractivity contribution >= 4 is 11.9 Å². The number of aromatic nitrogens is 2. The Morgan fingerprint density at radius 2 is 2.06 bits per heavy atom. The lowest BCUT2D eigenvalue weighted by Gasteiger charge is -2.17. The maximum atomic E-state index is 12.1. The van der Waals surface area contributed by atoms with E-state index in [0.29, 0.717) is 42.0 Å². The van der Waals surface area contributed by atoms with Gasteiger partial charge < -0.3 is 20.6 Å². The summed E-state index contributed by atoms with van der Waals surface area (Å²) in [6.07, 6.45) is 5.59. The van der Waals surface area contributed by atoms with Crippen LogP contribution in [0.15, 0.2) is 36.5 Å². The standard InChI is InChI=1S/C25H25N3O4/c1-2-32-24(31)15-5-3-4-14(10-15)19-11-18-16(13-27-19)6-7-17-21(23(29)30)20(28-22(17)18)12-25(26)8-9-25/h3-5,10-11,13,28H,2,6-9,12,26H2,1H3,(H,29,30). The molecule has 7 heteroatoms. The van der Waals surface area contributed by atoms with Crippen molar-refractivity contribution in [2.45, 2.75) is 44.6 Å². The van der Waals surface area contributed by atoms with Gasteiger partial charge in [-0.15, -0.1) is 0 Å². The van der Waals surface area contributed by atoms with Gasteiger partial charge in [0.1, 0.15) is 0 Å². The molecule has 0 saturated heterocycles. The Morgan fingerprint density at radius 1 is 1.25 bits per heavy atom. The number of aromatic amines is 1. The Bertz CT molecular complexity index is 1240. The van der Waals surface area contributed by atoms with Crippen LogP contribution < -0.4 is 5.73 Å². The van der Waals surface area contributed by atoms with Gasteiger partial charge >= 0.3 is 11.9 Å².